The van der Waals surface area contributed by atoms with Crippen LogP contribution in [0.15, 0.2) is 25.0 Å². The number of hydrogen-bond acceptors (Lipinski definition) is 8. The fourth-order valence-electron chi connectivity index (χ4n) is 3.83. The van der Waals surface area contributed by atoms with E-state index in [1.807, 2.05) is 13.8 Å². The summed E-state index contributed by atoms with van der Waals surface area (Å²) in [5.41, 5.74) is 12.8. The van der Waals surface area contributed by atoms with Gasteiger partial charge >= 0.3 is 5.97 Å². The van der Waals surface area contributed by atoms with Crippen LogP contribution < -0.4 is 27.4 Å². The lowest BCUT2D eigenvalue weighted by atomic mass is 10.0. The first-order valence-corrected chi connectivity index (χ1v) is 12.6. The predicted octanol–water partition coefficient (Wildman–Crippen LogP) is -1.04. The van der Waals surface area contributed by atoms with E-state index in [0.29, 0.717) is 30.8 Å². The molecule has 2 rings (SSSR count). The molecular formula is C24H39N9O5. The maximum atomic E-state index is 13.3. The highest BCUT2D eigenvalue weighted by Gasteiger charge is 2.31. The molecule has 2 heterocycles. The molecule has 4 unspecified atom stereocenters. The Hall–Kier alpha value is -3.78. The highest BCUT2D eigenvalue weighted by atomic mass is 16.4. The Balaban J connectivity index is 2.14. The van der Waals surface area contributed by atoms with Gasteiger partial charge in [0.25, 0.3) is 0 Å². The Kier molecular flexibility index (Phi) is 12.4. The topological polar surface area (TPSA) is 234 Å². The number of aromatic amines is 2. The number of rotatable bonds is 17. The van der Waals surface area contributed by atoms with Crippen LogP contribution in [0.2, 0.25) is 0 Å². The van der Waals surface area contributed by atoms with Gasteiger partial charge in [0.2, 0.25) is 17.7 Å². The number of H-pyrrole nitrogens is 2. The molecule has 14 heteroatoms. The number of unbranched alkanes of at least 4 members (excludes halogenated alkanes) is 1. The van der Waals surface area contributed by atoms with E-state index in [1.165, 1.54) is 18.9 Å². The summed E-state index contributed by atoms with van der Waals surface area (Å²) in [5.74, 6) is -2.95. The third-order valence-electron chi connectivity index (χ3n) is 5.84. The van der Waals surface area contributed by atoms with Gasteiger partial charge in [-0.3, -0.25) is 14.4 Å². The van der Waals surface area contributed by atoms with Gasteiger partial charge in [-0.25, -0.2) is 14.8 Å². The first kappa shape index (κ1) is 30.4. The summed E-state index contributed by atoms with van der Waals surface area (Å²) in [6.07, 6.45) is 7.89. The van der Waals surface area contributed by atoms with Crippen LogP contribution in [0.5, 0.6) is 0 Å². The molecule has 2 aromatic rings. The third kappa shape index (κ3) is 10.3. The number of carboxylic acid groups (broad SMARTS) is 1. The van der Waals surface area contributed by atoms with Crippen molar-refractivity contribution >= 4 is 23.7 Å². The van der Waals surface area contributed by atoms with Crippen LogP contribution in [0.1, 0.15) is 50.9 Å². The van der Waals surface area contributed by atoms with Crippen molar-refractivity contribution in [3.63, 3.8) is 0 Å². The van der Waals surface area contributed by atoms with Gasteiger partial charge in [-0.1, -0.05) is 13.8 Å². The molecule has 0 aromatic carbocycles. The normalized spacial score (nSPS) is 14.3. The molecule has 0 radical (unpaired) electrons. The molecule has 2 aromatic heterocycles. The molecule has 0 saturated heterocycles. The van der Waals surface area contributed by atoms with Crippen molar-refractivity contribution in [3.8, 4) is 0 Å². The average Bonchev–Trinajstić information content (AvgIpc) is 3.56. The Morgan fingerprint density at radius 3 is 1.95 bits per heavy atom. The molecule has 0 bridgehead atoms. The smallest absolute Gasteiger partial charge is 0.326 e. The number of carbonyl (C=O) groups excluding carboxylic acids is 3. The van der Waals surface area contributed by atoms with Gasteiger partial charge in [0.15, 0.2) is 0 Å². The summed E-state index contributed by atoms with van der Waals surface area (Å²) in [4.78, 5) is 64.5. The van der Waals surface area contributed by atoms with Crippen LogP contribution in [-0.2, 0) is 32.0 Å². The maximum absolute atomic E-state index is 13.3. The zero-order valence-corrected chi connectivity index (χ0v) is 21.8. The van der Waals surface area contributed by atoms with Crippen molar-refractivity contribution in [2.24, 2.45) is 17.4 Å². The fourth-order valence-corrected chi connectivity index (χ4v) is 3.83. The molecule has 0 saturated carbocycles. The number of hydrogen-bond donors (Lipinski definition) is 8. The first-order valence-electron chi connectivity index (χ1n) is 12.6. The molecule has 0 aliphatic heterocycles. The van der Waals surface area contributed by atoms with Crippen molar-refractivity contribution in [2.45, 2.75) is 76.5 Å². The Morgan fingerprint density at radius 2 is 1.42 bits per heavy atom. The number of nitrogens with two attached hydrogens (primary N) is 2. The number of carboxylic acids is 1. The molecule has 3 amide bonds. The van der Waals surface area contributed by atoms with Crippen LogP contribution in [-0.4, -0.2) is 79.4 Å². The van der Waals surface area contributed by atoms with E-state index in [9.17, 15) is 24.3 Å². The molecule has 10 N–H and O–H groups in total. The van der Waals surface area contributed by atoms with Crippen molar-refractivity contribution in [3.05, 3.63) is 36.4 Å². The minimum Gasteiger partial charge on any atom is -0.480 e. The van der Waals surface area contributed by atoms with Gasteiger partial charge in [-0.05, 0) is 38.1 Å². The second-order valence-corrected chi connectivity index (χ2v) is 9.60. The molecule has 0 aliphatic rings. The largest absolute Gasteiger partial charge is 0.480 e. The quantitative estimate of drug-likeness (QED) is 0.116. The summed E-state index contributed by atoms with van der Waals surface area (Å²) in [6.45, 7) is 4.17. The molecule has 38 heavy (non-hydrogen) atoms. The van der Waals surface area contributed by atoms with E-state index in [1.54, 1.807) is 6.20 Å². The molecule has 0 fully saturated rings. The lowest BCUT2D eigenvalue weighted by Crippen LogP contribution is -2.58. The Morgan fingerprint density at radius 1 is 0.868 bits per heavy atom. The van der Waals surface area contributed by atoms with E-state index >= 15 is 0 Å². The van der Waals surface area contributed by atoms with E-state index < -0.39 is 47.9 Å². The van der Waals surface area contributed by atoms with Gasteiger partial charge in [0.05, 0.1) is 18.7 Å². The lowest BCUT2D eigenvalue weighted by Gasteiger charge is -2.26. The van der Waals surface area contributed by atoms with E-state index in [0.717, 1.165) is 0 Å². The maximum Gasteiger partial charge on any atom is 0.326 e. The summed E-state index contributed by atoms with van der Waals surface area (Å²) in [6, 6.07) is -4.15. The SMILES string of the molecule is CC(C)CC(NC(=O)C(Cc1cnc[nH]1)NC(=O)C(N)Cc1cnc[nH]1)C(=O)NC(CCCCN)C(=O)O. The van der Waals surface area contributed by atoms with Crippen LogP contribution in [0.4, 0.5) is 0 Å². The van der Waals surface area contributed by atoms with Crippen LogP contribution in [0.25, 0.3) is 0 Å². The van der Waals surface area contributed by atoms with Gasteiger partial charge in [0.1, 0.15) is 18.1 Å². The van der Waals surface area contributed by atoms with Crippen molar-refractivity contribution in [1.82, 2.24) is 35.9 Å². The highest BCUT2D eigenvalue weighted by Crippen LogP contribution is 2.09. The van der Waals surface area contributed by atoms with Gasteiger partial charge in [-0.2, -0.15) is 0 Å². The lowest BCUT2D eigenvalue weighted by molar-refractivity contribution is -0.142. The summed E-state index contributed by atoms with van der Waals surface area (Å²) in [5, 5.41) is 17.4. The summed E-state index contributed by atoms with van der Waals surface area (Å²) in [7, 11) is 0. The van der Waals surface area contributed by atoms with Gasteiger partial charge in [0, 0.05) is 36.6 Å². The monoisotopic (exact) mass is 533 g/mol. The average molecular weight is 534 g/mol. The number of nitrogens with zero attached hydrogens (tertiary/aromatic N) is 2. The summed E-state index contributed by atoms with van der Waals surface area (Å²) < 4.78 is 0. The van der Waals surface area contributed by atoms with Crippen molar-refractivity contribution < 1.29 is 24.3 Å². The molecule has 0 spiro atoms. The highest BCUT2D eigenvalue weighted by molar-refractivity contribution is 5.94. The van der Waals surface area contributed by atoms with Crippen molar-refractivity contribution in [1.29, 1.82) is 0 Å². The predicted molar refractivity (Wildman–Crippen MR) is 138 cm³/mol. The van der Waals surface area contributed by atoms with Crippen molar-refractivity contribution in [2.75, 3.05) is 6.54 Å². The number of carbonyl (C=O) groups is 4. The zero-order valence-electron chi connectivity index (χ0n) is 21.8. The Bertz CT molecular complexity index is 1010. The van der Waals surface area contributed by atoms with Crippen LogP contribution in [0.3, 0.4) is 0 Å². The van der Waals surface area contributed by atoms with E-state index in [4.69, 9.17) is 11.5 Å². The molecule has 210 valence electrons. The molecule has 14 nitrogen and oxygen atoms in total. The number of amides is 3. The number of imidazole rings is 2. The fraction of sp³-hybridized carbons (Fsp3) is 0.583. The van der Waals surface area contributed by atoms with Gasteiger partial charge in [-0.15, -0.1) is 0 Å². The van der Waals surface area contributed by atoms with E-state index in [2.05, 4.69) is 35.9 Å². The van der Waals surface area contributed by atoms with E-state index in [-0.39, 0.29) is 31.6 Å². The minimum atomic E-state index is -1.17. The number of nitrogens with one attached hydrogen (secondary N) is 5. The third-order valence-corrected chi connectivity index (χ3v) is 5.84. The second-order valence-electron chi connectivity index (χ2n) is 9.60. The van der Waals surface area contributed by atoms with Gasteiger partial charge < -0.3 is 42.5 Å². The first-order chi connectivity index (χ1) is 18.1. The molecule has 4 atom stereocenters. The zero-order chi connectivity index (χ0) is 28.1. The molecule has 0 aliphatic carbocycles. The van der Waals surface area contributed by atoms with Crippen LogP contribution >= 0.6 is 0 Å². The second kappa shape index (κ2) is 15.5. The standard InChI is InChI=1S/C24H39N9O5/c1-14(2)7-19(22(35)31-18(24(37)38)5-3-4-6-25)33-23(36)20(9-16-11-28-13-30-16)32-21(34)17(26)8-15-10-27-12-29-15/h10-14,17-20H,3-9,25-26H2,1-2H3,(H,27,29)(H,28,30)(H,31,35)(H,32,34)(H,33,36)(H,37,38). The minimum absolute atomic E-state index is 0.00930. The molecular weight excluding hydrogens is 494 g/mol. The number of aromatic nitrogens is 4. The number of aliphatic carboxylic acids is 1. The Labute approximate surface area is 221 Å². The van der Waals surface area contributed by atoms with Crippen LogP contribution in [0, 0.1) is 5.92 Å². The summed E-state index contributed by atoms with van der Waals surface area (Å²) >= 11 is 0.